The molecule has 2 amide bonds. The van der Waals surface area contributed by atoms with Crippen LogP contribution in [0.25, 0.3) is 0 Å². The van der Waals surface area contributed by atoms with Gasteiger partial charge in [0.15, 0.2) is 11.5 Å². The van der Waals surface area contributed by atoms with Gasteiger partial charge in [-0.3, -0.25) is 0 Å². The first-order valence-electron chi connectivity index (χ1n) is 9.95. The summed E-state index contributed by atoms with van der Waals surface area (Å²) in [4.78, 5) is 17.1. The molecule has 2 aromatic carbocycles. The maximum Gasteiger partial charge on any atom is 0.318 e. The van der Waals surface area contributed by atoms with Gasteiger partial charge < -0.3 is 24.6 Å². The molecule has 0 unspecified atom stereocenters. The van der Waals surface area contributed by atoms with E-state index < -0.39 is 5.54 Å². The number of hydrogen-bond acceptors (Lipinski definition) is 4. The molecule has 1 heterocycles. The van der Waals surface area contributed by atoms with Crippen LogP contribution < -0.4 is 19.7 Å². The Morgan fingerprint density at radius 2 is 1.66 bits per heavy atom. The number of hydrogen-bond donors (Lipinski definition) is 1. The zero-order valence-electron chi connectivity index (χ0n) is 18.0. The number of carbonyl (C=O) groups excluding carboxylic acids is 1. The summed E-state index contributed by atoms with van der Waals surface area (Å²) in [6.45, 7) is 9.14. The van der Waals surface area contributed by atoms with Gasteiger partial charge in [0.1, 0.15) is 0 Å². The summed E-state index contributed by atoms with van der Waals surface area (Å²) in [6, 6.07) is 14.2. The standard InChI is InChI=1S/C23H31N3O3/c1-17-7-6-8-19(15-17)25-11-13-26(14-12-25)22(27)24-23(2,3)18-9-10-20(28-4)21(16-18)29-5/h6-10,15-16H,11-14H2,1-5H3,(H,24,27). The lowest BCUT2D eigenvalue weighted by atomic mass is 9.94. The van der Waals surface area contributed by atoms with Crippen molar-refractivity contribution in [2.24, 2.45) is 0 Å². The van der Waals surface area contributed by atoms with Crippen LogP contribution in [-0.2, 0) is 5.54 Å². The molecule has 1 fully saturated rings. The smallest absolute Gasteiger partial charge is 0.318 e. The molecule has 0 bridgehead atoms. The van der Waals surface area contributed by atoms with E-state index in [-0.39, 0.29) is 6.03 Å². The third kappa shape index (κ3) is 4.75. The SMILES string of the molecule is COc1ccc(C(C)(C)NC(=O)N2CCN(c3cccc(C)c3)CC2)cc1OC. The fourth-order valence-corrected chi connectivity index (χ4v) is 3.64. The molecule has 156 valence electrons. The van der Waals surface area contributed by atoms with Crippen LogP contribution in [-0.4, -0.2) is 51.3 Å². The number of rotatable bonds is 5. The summed E-state index contributed by atoms with van der Waals surface area (Å²) in [5.41, 5.74) is 2.89. The average Bonchev–Trinajstić information content (AvgIpc) is 2.73. The molecule has 3 rings (SSSR count). The fraction of sp³-hybridized carbons (Fsp3) is 0.435. The Kier molecular flexibility index (Phi) is 6.20. The van der Waals surface area contributed by atoms with Crippen LogP contribution in [0.2, 0.25) is 0 Å². The lowest BCUT2D eigenvalue weighted by Gasteiger charge is -2.38. The molecule has 1 saturated heterocycles. The van der Waals surface area contributed by atoms with Gasteiger partial charge in [-0.15, -0.1) is 0 Å². The van der Waals surface area contributed by atoms with Crippen molar-refractivity contribution in [3.8, 4) is 11.5 Å². The highest BCUT2D eigenvalue weighted by Gasteiger charge is 2.28. The number of piperazine rings is 1. The van der Waals surface area contributed by atoms with E-state index in [1.165, 1.54) is 11.3 Å². The maximum absolute atomic E-state index is 12.9. The molecule has 0 spiro atoms. The van der Waals surface area contributed by atoms with Gasteiger partial charge in [0.2, 0.25) is 0 Å². The highest BCUT2D eigenvalue weighted by Crippen LogP contribution is 2.32. The molecule has 0 aromatic heterocycles. The van der Waals surface area contributed by atoms with Gasteiger partial charge in [-0.1, -0.05) is 18.2 Å². The van der Waals surface area contributed by atoms with Gasteiger partial charge in [-0.05, 0) is 56.2 Å². The molecule has 29 heavy (non-hydrogen) atoms. The van der Waals surface area contributed by atoms with E-state index in [1.54, 1.807) is 14.2 Å². The van der Waals surface area contributed by atoms with Crippen molar-refractivity contribution < 1.29 is 14.3 Å². The highest BCUT2D eigenvalue weighted by atomic mass is 16.5. The number of carbonyl (C=O) groups is 1. The number of aryl methyl sites for hydroxylation is 1. The predicted molar refractivity (Wildman–Crippen MR) is 116 cm³/mol. The number of benzene rings is 2. The Labute approximate surface area is 173 Å². The van der Waals surface area contributed by atoms with Gasteiger partial charge in [0, 0.05) is 31.9 Å². The molecule has 1 aliphatic heterocycles. The van der Waals surface area contributed by atoms with Crippen molar-refractivity contribution in [3.05, 3.63) is 53.6 Å². The summed E-state index contributed by atoms with van der Waals surface area (Å²) in [6.07, 6.45) is 0. The van der Waals surface area contributed by atoms with Gasteiger partial charge in [-0.25, -0.2) is 4.79 Å². The average molecular weight is 398 g/mol. The van der Waals surface area contributed by atoms with E-state index in [0.717, 1.165) is 18.7 Å². The van der Waals surface area contributed by atoms with Gasteiger partial charge in [-0.2, -0.15) is 0 Å². The fourth-order valence-electron chi connectivity index (χ4n) is 3.64. The summed E-state index contributed by atoms with van der Waals surface area (Å²) in [5.74, 6) is 1.32. The molecule has 6 heteroatoms. The van der Waals surface area contributed by atoms with Crippen molar-refractivity contribution in [1.29, 1.82) is 0 Å². The van der Waals surface area contributed by atoms with E-state index in [9.17, 15) is 4.79 Å². The summed E-state index contributed by atoms with van der Waals surface area (Å²) < 4.78 is 10.7. The Morgan fingerprint density at radius 1 is 0.966 bits per heavy atom. The molecule has 2 aromatic rings. The van der Waals surface area contributed by atoms with Crippen LogP contribution in [0.4, 0.5) is 10.5 Å². The largest absolute Gasteiger partial charge is 0.493 e. The highest BCUT2D eigenvalue weighted by molar-refractivity contribution is 5.75. The van der Waals surface area contributed by atoms with Crippen molar-refractivity contribution in [1.82, 2.24) is 10.2 Å². The number of amides is 2. The molecule has 0 atom stereocenters. The van der Waals surface area contributed by atoms with Crippen molar-refractivity contribution in [2.75, 3.05) is 45.3 Å². The molecule has 0 saturated carbocycles. The Bertz CT molecular complexity index is 858. The summed E-state index contributed by atoms with van der Waals surface area (Å²) in [5, 5.41) is 3.17. The quantitative estimate of drug-likeness (QED) is 0.834. The number of anilines is 1. The Hall–Kier alpha value is -2.89. The van der Waals surface area contributed by atoms with E-state index >= 15 is 0 Å². The van der Waals surface area contributed by atoms with E-state index in [0.29, 0.717) is 24.6 Å². The molecule has 1 aliphatic rings. The lowest BCUT2D eigenvalue weighted by Crippen LogP contribution is -2.55. The third-order valence-corrected chi connectivity index (χ3v) is 5.46. The van der Waals surface area contributed by atoms with Crippen molar-refractivity contribution in [2.45, 2.75) is 26.3 Å². The van der Waals surface area contributed by atoms with E-state index in [1.807, 2.05) is 36.9 Å². The monoisotopic (exact) mass is 397 g/mol. The second-order valence-corrected chi connectivity index (χ2v) is 7.94. The minimum Gasteiger partial charge on any atom is -0.493 e. The number of nitrogens with one attached hydrogen (secondary N) is 1. The van der Waals surface area contributed by atoms with Gasteiger partial charge >= 0.3 is 6.03 Å². The predicted octanol–water partition coefficient (Wildman–Crippen LogP) is 3.78. The van der Waals surface area contributed by atoms with Gasteiger partial charge in [0.05, 0.1) is 19.8 Å². The zero-order valence-corrected chi connectivity index (χ0v) is 18.0. The molecular weight excluding hydrogens is 366 g/mol. The lowest BCUT2D eigenvalue weighted by molar-refractivity contribution is 0.183. The minimum atomic E-state index is -0.537. The first kappa shape index (κ1) is 20.8. The number of ether oxygens (including phenoxy) is 2. The van der Waals surface area contributed by atoms with Crippen LogP contribution in [0.15, 0.2) is 42.5 Å². The maximum atomic E-state index is 12.9. The summed E-state index contributed by atoms with van der Waals surface area (Å²) in [7, 11) is 3.22. The number of urea groups is 1. The first-order chi connectivity index (χ1) is 13.8. The number of methoxy groups -OCH3 is 2. The zero-order chi connectivity index (χ0) is 21.0. The molecular formula is C23H31N3O3. The van der Waals surface area contributed by atoms with Crippen LogP contribution in [0.5, 0.6) is 11.5 Å². The minimum absolute atomic E-state index is 0.0475. The Morgan fingerprint density at radius 3 is 2.28 bits per heavy atom. The van der Waals surface area contributed by atoms with Crippen LogP contribution in [0.3, 0.4) is 0 Å². The second-order valence-electron chi connectivity index (χ2n) is 7.94. The van der Waals surface area contributed by atoms with Crippen LogP contribution >= 0.6 is 0 Å². The van der Waals surface area contributed by atoms with Crippen LogP contribution in [0.1, 0.15) is 25.0 Å². The van der Waals surface area contributed by atoms with E-state index in [4.69, 9.17) is 9.47 Å². The van der Waals surface area contributed by atoms with Crippen molar-refractivity contribution >= 4 is 11.7 Å². The summed E-state index contributed by atoms with van der Waals surface area (Å²) >= 11 is 0. The van der Waals surface area contributed by atoms with Gasteiger partial charge in [0.25, 0.3) is 0 Å². The van der Waals surface area contributed by atoms with Crippen LogP contribution in [0, 0.1) is 6.92 Å². The second kappa shape index (κ2) is 8.64. The molecule has 0 radical (unpaired) electrons. The molecule has 6 nitrogen and oxygen atoms in total. The van der Waals surface area contributed by atoms with E-state index in [2.05, 4.69) is 41.4 Å². The molecule has 1 N–H and O–H groups in total. The van der Waals surface area contributed by atoms with Crippen molar-refractivity contribution in [3.63, 3.8) is 0 Å². The topological polar surface area (TPSA) is 54.0 Å². The normalized spacial score (nSPS) is 14.5. The third-order valence-electron chi connectivity index (χ3n) is 5.46. The molecule has 0 aliphatic carbocycles. The number of nitrogens with zero attached hydrogens (tertiary/aromatic N) is 2. The Balaban J connectivity index is 1.63. The first-order valence-corrected chi connectivity index (χ1v) is 9.95.